The summed E-state index contributed by atoms with van der Waals surface area (Å²) in [4.78, 5) is 11.2. The Kier molecular flexibility index (Phi) is 4.25. The summed E-state index contributed by atoms with van der Waals surface area (Å²) in [5.74, 6) is 0.882. The van der Waals surface area contributed by atoms with E-state index in [9.17, 15) is 4.79 Å². The molecule has 1 rings (SSSR count). The smallest absolute Gasteiger partial charge is 0.158 e. The normalized spacial score (nSPS) is 17.4. The van der Waals surface area contributed by atoms with Crippen LogP contribution in [0.4, 0.5) is 0 Å². The van der Waals surface area contributed by atoms with Crippen LogP contribution >= 0.6 is 0 Å². The van der Waals surface area contributed by atoms with Crippen molar-refractivity contribution in [3.63, 3.8) is 0 Å². The average molecular weight is 171 g/mol. The molecule has 0 bridgehead atoms. The van der Waals surface area contributed by atoms with Crippen LogP contribution in [-0.4, -0.2) is 25.5 Å². The molecular weight excluding hydrogens is 154 g/mol. The number of rotatable bonds is 6. The molecule has 0 radical (unpaired) electrons. The van der Waals surface area contributed by atoms with E-state index in [0.717, 1.165) is 0 Å². The predicted molar refractivity (Wildman–Crippen MR) is 46.8 cm³/mol. The molecule has 70 valence electrons. The fraction of sp³-hybridized carbons (Fsp3) is 0.889. The highest BCUT2D eigenvalue weighted by Crippen LogP contribution is 2.29. The topological polar surface area (TPSA) is 52.3 Å². The number of hydrogen-bond donors (Lipinski definition) is 1. The summed E-state index contributed by atoms with van der Waals surface area (Å²) in [5.41, 5.74) is 5.22. The molecule has 2 N–H and O–H groups in total. The monoisotopic (exact) mass is 171 g/mol. The van der Waals surface area contributed by atoms with Gasteiger partial charge in [0.05, 0.1) is 6.61 Å². The molecule has 0 spiro atoms. The molecule has 12 heavy (non-hydrogen) atoms. The predicted octanol–water partition coefficient (Wildman–Crippen LogP) is 0.721. The summed E-state index contributed by atoms with van der Waals surface area (Å²) < 4.78 is 5.04. The van der Waals surface area contributed by atoms with Gasteiger partial charge in [-0.15, -0.1) is 0 Å². The lowest BCUT2D eigenvalue weighted by Gasteiger charge is -2.24. The Morgan fingerprint density at radius 1 is 1.50 bits per heavy atom. The molecule has 0 atom stereocenters. The maximum atomic E-state index is 11.2. The van der Waals surface area contributed by atoms with Crippen LogP contribution in [-0.2, 0) is 9.53 Å². The van der Waals surface area contributed by atoms with E-state index in [-0.39, 0.29) is 12.4 Å². The first-order chi connectivity index (χ1) is 5.83. The van der Waals surface area contributed by atoms with Crippen molar-refractivity contribution in [3.05, 3.63) is 0 Å². The van der Waals surface area contributed by atoms with E-state index in [1.807, 2.05) is 0 Å². The van der Waals surface area contributed by atoms with Crippen molar-refractivity contribution in [1.82, 2.24) is 0 Å². The maximum Gasteiger partial charge on any atom is 0.158 e. The third-order valence-electron chi connectivity index (χ3n) is 2.27. The molecule has 1 aliphatic carbocycles. The number of ether oxygens (including phenoxy) is 1. The Balaban J connectivity index is 1.95. The standard InChI is InChI=1S/C9H17NO2/c10-4-5-12-7-9(11)6-8-2-1-3-8/h8H,1-7,10H2. The van der Waals surface area contributed by atoms with Crippen LogP contribution in [0, 0.1) is 5.92 Å². The SMILES string of the molecule is NCCOCC(=O)CC1CCC1. The van der Waals surface area contributed by atoms with Gasteiger partial charge in [0.2, 0.25) is 0 Å². The van der Waals surface area contributed by atoms with Gasteiger partial charge in [0, 0.05) is 13.0 Å². The van der Waals surface area contributed by atoms with Gasteiger partial charge in [-0.3, -0.25) is 4.79 Å². The molecule has 0 saturated heterocycles. The van der Waals surface area contributed by atoms with Gasteiger partial charge in [0.1, 0.15) is 6.61 Å². The highest BCUT2D eigenvalue weighted by Gasteiger charge is 2.20. The fourth-order valence-electron chi connectivity index (χ4n) is 1.35. The molecule has 3 heteroatoms. The number of carbonyl (C=O) groups is 1. The van der Waals surface area contributed by atoms with Crippen molar-refractivity contribution in [2.45, 2.75) is 25.7 Å². The minimum Gasteiger partial charge on any atom is -0.372 e. The van der Waals surface area contributed by atoms with Crippen LogP contribution in [0.15, 0.2) is 0 Å². The molecule has 0 amide bonds. The molecule has 1 saturated carbocycles. The zero-order chi connectivity index (χ0) is 8.81. The average Bonchev–Trinajstić information content (AvgIpc) is 1.98. The minimum absolute atomic E-state index is 0.230. The van der Waals surface area contributed by atoms with Crippen molar-refractivity contribution >= 4 is 5.78 Å². The lowest BCUT2D eigenvalue weighted by molar-refractivity contribution is -0.125. The summed E-state index contributed by atoms with van der Waals surface area (Å²) in [6.07, 6.45) is 4.46. The van der Waals surface area contributed by atoms with Gasteiger partial charge in [-0.2, -0.15) is 0 Å². The molecule has 0 aromatic rings. The van der Waals surface area contributed by atoms with Crippen LogP contribution in [0.5, 0.6) is 0 Å². The van der Waals surface area contributed by atoms with E-state index in [1.54, 1.807) is 0 Å². The quantitative estimate of drug-likeness (QED) is 0.599. The molecule has 3 nitrogen and oxygen atoms in total. The van der Waals surface area contributed by atoms with E-state index in [0.29, 0.717) is 25.5 Å². The molecule has 0 aromatic carbocycles. The Morgan fingerprint density at radius 2 is 2.25 bits per heavy atom. The van der Waals surface area contributed by atoms with Crippen molar-refractivity contribution in [1.29, 1.82) is 0 Å². The third-order valence-corrected chi connectivity index (χ3v) is 2.27. The summed E-state index contributed by atoms with van der Waals surface area (Å²) in [6, 6.07) is 0. The van der Waals surface area contributed by atoms with E-state index in [2.05, 4.69) is 0 Å². The first kappa shape index (κ1) is 9.68. The van der Waals surface area contributed by atoms with Crippen LogP contribution in [0.25, 0.3) is 0 Å². The van der Waals surface area contributed by atoms with Crippen molar-refractivity contribution < 1.29 is 9.53 Å². The van der Waals surface area contributed by atoms with Gasteiger partial charge in [-0.1, -0.05) is 19.3 Å². The van der Waals surface area contributed by atoms with Crippen molar-refractivity contribution in [2.75, 3.05) is 19.8 Å². The van der Waals surface area contributed by atoms with E-state index >= 15 is 0 Å². The number of ketones is 1. The van der Waals surface area contributed by atoms with Crippen LogP contribution < -0.4 is 5.73 Å². The Labute approximate surface area is 73.3 Å². The Morgan fingerprint density at radius 3 is 2.75 bits per heavy atom. The Bertz CT molecular complexity index is 143. The first-order valence-electron chi connectivity index (χ1n) is 4.62. The zero-order valence-electron chi connectivity index (χ0n) is 7.42. The number of nitrogens with two attached hydrogens (primary N) is 1. The second kappa shape index (κ2) is 5.27. The molecule has 0 aliphatic heterocycles. The fourth-order valence-corrected chi connectivity index (χ4v) is 1.35. The van der Waals surface area contributed by atoms with Crippen molar-refractivity contribution in [2.24, 2.45) is 11.7 Å². The summed E-state index contributed by atoms with van der Waals surface area (Å²) >= 11 is 0. The van der Waals surface area contributed by atoms with Crippen LogP contribution in [0.3, 0.4) is 0 Å². The highest BCUT2D eigenvalue weighted by molar-refractivity contribution is 5.79. The highest BCUT2D eigenvalue weighted by atomic mass is 16.5. The maximum absolute atomic E-state index is 11.2. The van der Waals surface area contributed by atoms with Gasteiger partial charge < -0.3 is 10.5 Å². The lowest BCUT2D eigenvalue weighted by Crippen LogP contribution is -2.20. The summed E-state index contributed by atoms with van der Waals surface area (Å²) in [6.45, 7) is 1.25. The van der Waals surface area contributed by atoms with Gasteiger partial charge in [0.25, 0.3) is 0 Å². The molecule has 0 heterocycles. The molecule has 0 aromatic heterocycles. The van der Waals surface area contributed by atoms with E-state index < -0.39 is 0 Å². The van der Waals surface area contributed by atoms with Gasteiger partial charge in [-0.05, 0) is 5.92 Å². The summed E-state index contributed by atoms with van der Waals surface area (Å²) in [7, 11) is 0. The number of hydrogen-bond acceptors (Lipinski definition) is 3. The van der Waals surface area contributed by atoms with Crippen LogP contribution in [0.2, 0.25) is 0 Å². The van der Waals surface area contributed by atoms with Crippen molar-refractivity contribution in [3.8, 4) is 0 Å². The minimum atomic E-state index is 0.230. The third kappa shape index (κ3) is 3.32. The van der Waals surface area contributed by atoms with E-state index in [1.165, 1.54) is 19.3 Å². The second-order valence-electron chi connectivity index (χ2n) is 3.38. The van der Waals surface area contributed by atoms with E-state index in [4.69, 9.17) is 10.5 Å². The van der Waals surface area contributed by atoms with Crippen LogP contribution in [0.1, 0.15) is 25.7 Å². The molecular formula is C9H17NO2. The number of carbonyl (C=O) groups excluding carboxylic acids is 1. The van der Waals surface area contributed by atoms with Gasteiger partial charge in [0.15, 0.2) is 5.78 Å². The number of Topliss-reactive ketones (excluding diaryl/α,β-unsaturated/α-hetero) is 1. The van der Waals surface area contributed by atoms with Gasteiger partial charge >= 0.3 is 0 Å². The molecule has 0 unspecified atom stereocenters. The summed E-state index contributed by atoms with van der Waals surface area (Å²) in [5, 5.41) is 0. The first-order valence-corrected chi connectivity index (χ1v) is 4.62. The largest absolute Gasteiger partial charge is 0.372 e. The molecule has 1 aliphatic rings. The molecule has 1 fully saturated rings. The lowest BCUT2D eigenvalue weighted by atomic mass is 9.82. The second-order valence-corrected chi connectivity index (χ2v) is 3.38. The Hall–Kier alpha value is -0.410. The zero-order valence-corrected chi connectivity index (χ0v) is 7.42. The van der Waals surface area contributed by atoms with Gasteiger partial charge in [-0.25, -0.2) is 0 Å².